The zero-order valence-corrected chi connectivity index (χ0v) is 9.32. The second-order valence-electron chi connectivity index (χ2n) is 2.72. The maximum Gasteiger partial charge on any atom is 0.205 e. The third-order valence-electron chi connectivity index (χ3n) is 1.87. The number of ether oxygens (including phenoxy) is 1. The van der Waals surface area contributed by atoms with Gasteiger partial charge in [-0.1, -0.05) is 31.9 Å². The molecular weight excluding hydrogens is 296 g/mol. The molecule has 1 unspecified atom stereocenters. The molecule has 0 amide bonds. The number of hydrogen-bond acceptors (Lipinski definition) is 4. The van der Waals surface area contributed by atoms with E-state index >= 15 is 0 Å². The Hall–Kier alpha value is 0.800. The Morgan fingerprint density at radius 2 is 1.92 bits per heavy atom. The van der Waals surface area contributed by atoms with E-state index in [4.69, 9.17) is 4.74 Å². The van der Waals surface area contributed by atoms with Gasteiger partial charge in [0.15, 0.2) is 0 Å². The number of halogens is 2. The summed E-state index contributed by atoms with van der Waals surface area (Å²) in [4.78, 5) is 0. The van der Waals surface area contributed by atoms with Crippen molar-refractivity contribution in [3.05, 3.63) is 0 Å². The summed E-state index contributed by atoms with van der Waals surface area (Å²) in [5, 5.41) is 28.7. The molecule has 1 aliphatic heterocycles. The van der Waals surface area contributed by atoms with Crippen molar-refractivity contribution in [2.24, 2.45) is 0 Å². The Balaban J connectivity index is 2.72. The lowest BCUT2D eigenvalue weighted by atomic mass is 10.1. The predicted molar refractivity (Wildman–Crippen MR) is 49.4 cm³/mol. The molecular formula is C6H10Br2O4. The molecule has 12 heavy (non-hydrogen) atoms. The molecule has 0 bridgehead atoms. The van der Waals surface area contributed by atoms with Gasteiger partial charge in [0, 0.05) is 5.33 Å². The van der Waals surface area contributed by atoms with Crippen LogP contribution in [0.15, 0.2) is 0 Å². The topological polar surface area (TPSA) is 69.9 Å². The van der Waals surface area contributed by atoms with Crippen LogP contribution >= 0.6 is 31.9 Å². The van der Waals surface area contributed by atoms with E-state index in [9.17, 15) is 15.3 Å². The maximum atomic E-state index is 9.54. The van der Waals surface area contributed by atoms with Crippen LogP contribution in [0.25, 0.3) is 0 Å². The number of rotatable bonds is 2. The van der Waals surface area contributed by atoms with E-state index in [-0.39, 0.29) is 5.33 Å². The molecule has 6 heteroatoms. The van der Waals surface area contributed by atoms with E-state index in [2.05, 4.69) is 31.9 Å². The van der Waals surface area contributed by atoms with Crippen LogP contribution in [-0.4, -0.2) is 50.1 Å². The highest BCUT2D eigenvalue weighted by molar-refractivity contribution is 9.09. The van der Waals surface area contributed by atoms with Crippen molar-refractivity contribution in [1.82, 2.24) is 0 Å². The van der Waals surface area contributed by atoms with E-state index in [0.717, 1.165) is 0 Å². The summed E-state index contributed by atoms with van der Waals surface area (Å²) in [5.74, 6) is -1.67. The first-order valence-corrected chi connectivity index (χ1v) is 5.67. The Labute approximate surface area is 86.8 Å². The highest BCUT2D eigenvalue weighted by Gasteiger charge is 2.52. The van der Waals surface area contributed by atoms with Gasteiger partial charge in [0.2, 0.25) is 5.79 Å². The molecule has 1 rings (SSSR count). The zero-order valence-electron chi connectivity index (χ0n) is 6.15. The summed E-state index contributed by atoms with van der Waals surface area (Å²) in [6, 6.07) is 0. The van der Waals surface area contributed by atoms with Crippen molar-refractivity contribution in [3.63, 3.8) is 0 Å². The van der Waals surface area contributed by atoms with Crippen molar-refractivity contribution in [2.45, 2.75) is 24.1 Å². The van der Waals surface area contributed by atoms with Gasteiger partial charge in [-0.25, -0.2) is 0 Å². The van der Waals surface area contributed by atoms with Gasteiger partial charge in [-0.05, 0) is 0 Å². The fourth-order valence-electron chi connectivity index (χ4n) is 1.11. The molecule has 4 nitrogen and oxygen atoms in total. The van der Waals surface area contributed by atoms with E-state index in [1.165, 1.54) is 0 Å². The van der Waals surface area contributed by atoms with Crippen molar-refractivity contribution < 1.29 is 20.1 Å². The molecule has 1 saturated heterocycles. The molecule has 1 aliphatic rings. The average Bonchev–Trinajstić information content (AvgIpc) is 2.31. The highest BCUT2D eigenvalue weighted by Crippen LogP contribution is 2.31. The molecule has 72 valence electrons. The first-order chi connectivity index (χ1) is 5.55. The van der Waals surface area contributed by atoms with E-state index in [1.807, 2.05) is 0 Å². The van der Waals surface area contributed by atoms with Gasteiger partial charge in [-0.3, -0.25) is 0 Å². The average molecular weight is 306 g/mol. The standard InChI is InChI=1S/C6H10Br2O4/c7-1-3-4(9)5(10)6(11,2-8)12-3/h3-5,9-11H,1-2H2/t3-,4-,5-,6?/m0/s1. The van der Waals surface area contributed by atoms with Gasteiger partial charge in [0.05, 0.1) is 11.4 Å². The Morgan fingerprint density at radius 3 is 2.17 bits per heavy atom. The highest BCUT2D eigenvalue weighted by atomic mass is 79.9. The van der Waals surface area contributed by atoms with E-state index in [0.29, 0.717) is 5.33 Å². The summed E-state index contributed by atoms with van der Waals surface area (Å²) in [5.41, 5.74) is 0. The summed E-state index contributed by atoms with van der Waals surface area (Å²) < 4.78 is 5.03. The molecule has 3 N–H and O–H groups in total. The van der Waals surface area contributed by atoms with Gasteiger partial charge < -0.3 is 20.1 Å². The van der Waals surface area contributed by atoms with Crippen molar-refractivity contribution in [1.29, 1.82) is 0 Å². The van der Waals surface area contributed by atoms with Crippen LogP contribution in [-0.2, 0) is 4.74 Å². The van der Waals surface area contributed by atoms with Gasteiger partial charge in [-0.15, -0.1) is 0 Å². The molecule has 0 aromatic carbocycles. The lowest BCUT2D eigenvalue weighted by molar-refractivity contribution is -0.207. The molecule has 1 fully saturated rings. The van der Waals surface area contributed by atoms with Gasteiger partial charge in [-0.2, -0.15) is 0 Å². The third kappa shape index (κ3) is 1.69. The van der Waals surface area contributed by atoms with Crippen molar-refractivity contribution in [3.8, 4) is 0 Å². The number of aliphatic hydroxyl groups excluding tert-OH is 2. The van der Waals surface area contributed by atoms with Crippen LogP contribution in [0.5, 0.6) is 0 Å². The smallest absolute Gasteiger partial charge is 0.205 e. The Bertz CT molecular complexity index is 168. The van der Waals surface area contributed by atoms with Crippen LogP contribution in [0.2, 0.25) is 0 Å². The molecule has 0 aromatic rings. The largest absolute Gasteiger partial charge is 0.387 e. The minimum atomic E-state index is -1.67. The van der Waals surface area contributed by atoms with Crippen molar-refractivity contribution >= 4 is 31.9 Å². The first kappa shape index (κ1) is 10.9. The second kappa shape index (κ2) is 3.89. The van der Waals surface area contributed by atoms with Crippen LogP contribution in [0, 0.1) is 0 Å². The fourth-order valence-corrected chi connectivity index (χ4v) is 2.08. The lowest BCUT2D eigenvalue weighted by Gasteiger charge is -2.22. The van der Waals surface area contributed by atoms with Gasteiger partial charge >= 0.3 is 0 Å². The zero-order chi connectivity index (χ0) is 9.35. The summed E-state index contributed by atoms with van der Waals surface area (Å²) in [7, 11) is 0. The molecule has 0 aromatic heterocycles. The number of aliphatic hydroxyl groups is 3. The SMILES string of the molecule is O[C@H]1[C@H](CBr)OC(O)(CBr)[C@H]1O. The first-order valence-electron chi connectivity index (χ1n) is 3.43. The van der Waals surface area contributed by atoms with E-state index in [1.54, 1.807) is 0 Å². The fraction of sp³-hybridized carbons (Fsp3) is 1.00. The minimum Gasteiger partial charge on any atom is -0.387 e. The molecule has 0 aliphatic carbocycles. The number of alkyl halides is 2. The predicted octanol–water partition coefficient (Wildman–Crippen LogP) is -0.415. The van der Waals surface area contributed by atoms with Crippen molar-refractivity contribution in [2.75, 3.05) is 10.7 Å². The molecule has 0 radical (unpaired) electrons. The molecule has 0 spiro atoms. The quantitative estimate of drug-likeness (QED) is 0.607. The Morgan fingerprint density at radius 1 is 1.33 bits per heavy atom. The molecule has 0 saturated carbocycles. The summed E-state index contributed by atoms with van der Waals surface area (Å²) in [6.07, 6.45) is -2.88. The number of hydrogen-bond donors (Lipinski definition) is 3. The third-order valence-corrected chi connectivity index (χ3v) is 3.31. The normalized spacial score (nSPS) is 48.2. The van der Waals surface area contributed by atoms with Gasteiger partial charge in [0.1, 0.15) is 12.2 Å². The summed E-state index contributed by atoms with van der Waals surface area (Å²) >= 11 is 6.10. The monoisotopic (exact) mass is 304 g/mol. The molecule has 4 atom stereocenters. The minimum absolute atomic E-state index is 0.0712. The van der Waals surface area contributed by atoms with Crippen LogP contribution in [0.3, 0.4) is 0 Å². The second-order valence-corrected chi connectivity index (χ2v) is 3.93. The molecule has 1 heterocycles. The lowest BCUT2D eigenvalue weighted by Crippen LogP contribution is -2.44. The maximum absolute atomic E-state index is 9.54. The van der Waals surface area contributed by atoms with Gasteiger partial charge in [0.25, 0.3) is 0 Å². The Kier molecular flexibility index (Phi) is 3.53. The van der Waals surface area contributed by atoms with Crippen LogP contribution < -0.4 is 0 Å². The summed E-state index contributed by atoms with van der Waals surface area (Å²) in [6.45, 7) is 0. The van der Waals surface area contributed by atoms with Crippen LogP contribution in [0.1, 0.15) is 0 Å². The van der Waals surface area contributed by atoms with Crippen LogP contribution in [0.4, 0.5) is 0 Å². The van der Waals surface area contributed by atoms with E-state index < -0.39 is 24.1 Å².